The van der Waals surface area contributed by atoms with Crippen molar-refractivity contribution in [2.24, 2.45) is 0 Å². The molecule has 0 fully saturated rings. The van der Waals surface area contributed by atoms with Gasteiger partial charge in [0.05, 0.1) is 13.2 Å². The lowest BCUT2D eigenvalue weighted by molar-refractivity contribution is 0.118. The van der Waals surface area contributed by atoms with Crippen molar-refractivity contribution in [3.05, 3.63) is 35.6 Å². The fourth-order valence-corrected chi connectivity index (χ4v) is 1.79. The Balaban J connectivity index is 2.11. The van der Waals surface area contributed by atoms with Crippen LogP contribution in [-0.2, 0) is 11.2 Å². The minimum atomic E-state index is -0.126. The first-order valence-electron chi connectivity index (χ1n) is 6.79. The Bertz CT molecular complexity index is 358. The third-order valence-electron chi connectivity index (χ3n) is 2.91. The summed E-state index contributed by atoms with van der Waals surface area (Å²) >= 11 is 0. The summed E-state index contributed by atoms with van der Waals surface area (Å²) in [5.74, 6) is -0.126. The van der Waals surface area contributed by atoms with E-state index in [4.69, 9.17) is 4.74 Å². The van der Waals surface area contributed by atoms with E-state index in [0.717, 1.165) is 25.3 Å². The SMILES string of the molecule is CC(Cc1ccccc1F)NCCOCCN(C)C. The lowest BCUT2D eigenvalue weighted by atomic mass is 10.1. The van der Waals surface area contributed by atoms with Gasteiger partial charge in [0.15, 0.2) is 0 Å². The molecule has 1 atom stereocenters. The molecule has 0 aliphatic rings. The molecule has 0 aliphatic carbocycles. The van der Waals surface area contributed by atoms with Crippen LogP contribution in [0.1, 0.15) is 12.5 Å². The first kappa shape index (κ1) is 16.1. The largest absolute Gasteiger partial charge is 0.379 e. The molecule has 0 saturated carbocycles. The molecule has 0 heterocycles. The van der Waals surface area contributed by atoms with Gasteiger partial charge in [0.1, 0.15) is 5.82 Å². The number of nitrogens with one attached hydrogen (secondary N) is 1. The molecule has 1 unspecified atom stereocenters. The molecule has 0 radical (unpaired) electrons. The standard InChI is InChI=1S/C15H25FN2O/c1-13(12-14-6-4-5-7-15(14)16)17-8-10-19-11-9-18(2)3/h4-7,13,17H,8-12H2,1-3H3. The zero-order chi connectivity index (χ0) is 14.1. The highest BCUT2D eigenvalue weighted by molar-refractivity contribution is 5.18. The number of benzene rings is 1. The monoisotopic (exact) mass is 268 g/mol. The van der Waals surface area contributed by atoms with Crippen LogP contribution < -0.4 is 5.32 Å². The highest BCUT2D eigenvalue weighted by Crippen LogP contribution is 2.08. The van der Waals surface area contributed by atoms with Gasteiger partial charge < -0.3 is 15.0 Å². The quantitative estimate of drug-likeness (QED) is 0.693. The molecular formula is C15H25FN2O. The number of halogens is 1. The van der Waals surface area contributed by atoms with Crippen LogP contribution in [0, 0.1) is 5.82 Å². The maximum atomic E-state index is 13.5. The zero-order valence-electron chi connectivity index (χ0n) is 12.2. The van der Waals surface area contributed by atoms with E-state index in [9.17, 15) is 4.39 Å². The molecule has 0 aromatic heterocycles. The topological polar surface area (TPSA) is 24.5 Å². The summed E-state index contributed by atoms with van der Waals surface area (Å²) < 4.78 is 18.9. The smallest absolute Gasteiger partial charge is 0.126 e. The average molecular weight is 268 g/mol. The van der Waals surface area contributed by atoms with E-state index < -0.39 is 0 Å². The number of hydrogen-bond acceptors (Lipinski definition) is 3. The molecule has 0 amide bonds. The molecule has 1 rings (SSSR count). The summed E-state index contributed by atoms with van der Waals surface area (Å²) in [5.41, 5.74) is 0.760. The summed E-state index contributed by atoms with van der Waals surface area (Å²) in [6.07, 6.45) is 0.699. The van der Waals surface area contributed by atoms with Crippen molar-refractivity contribution >= 4 is 0 Å². The summed E-state index contributed by atoms with van der Waals surface area (Å²) in [6.45, 7) is 5.23. The van der Waals surface area contributed by atoms with E-state index in [-0.39, 0.29) is 11.9 Å². The molecule has 3 nitrogen and oxygen atoms in total. The Kier molecular flexibility index (Phi) is 7.63. The predicted octanol–water partition coefficient (Wildman–Crippen LogP) is 1.92. The third-order valence-corrected chi connectivity index (χ3v) is 2.91. The van der Waals surface area contributed by atoms with E-state index in [1.807, 2.05) is 26.2 Å². The van der Waals surface area contributed by atoms with Crippen LogP contribution in [0.25, 0.3) is 0 Å². The van der Waals surface area contributed by atoms with Crippen LogP contribution in [0.15, 0.2) is 24.3 Å². The second-order valence-electron chi connectivity index (χ2n) is 5.07. The van der Waals surface area contributed by atoms with Gasteiger partial charge >= 0.3 is 0 Å². The molecule has 0 saturated heterocycles. The third kappa shape index (κ3) is 7.25. The van der Waals surface area contributed by atoms with E-state index in [1.165, 1.54) is 6.07 Å². The summed E-state index contributed by atoms with van der Waals surface area (Å²) in [4.78, 5) is 2.09. The summed E-state index contributed by atoms with van der Waals surface area (Å²) in [6, 6.07) is 7.17. The molecular weight excluding hydrogens is 243 g/mol. The minimum absolute atomic E-state index is 0.126. The molecule has 4 heteroatoms. The van der Waals surface area contributed by atoms with E-state index in [0.29, 0.717) is 13.0 Å². The minimum Gasteiger partial charge on any atom is -0.379 e. The number of rotatable bonds is 9. The zero-order valence-corrected chi connectivity index (χ0v) is 12.2. The molecule has 1 aromatic rings. The Hall–Kier alpha value is -0.970. The fraction of sp³-hybridized carbons (Fsp3) is 0.600. The summed E-state index contributed by atoms with van der Waals surface area (Å²) in [5, 5.41) is 3.34. The Morgan fingerprint density at radius 1 is 1.26 bits per heavy atom. The van der Waals surface area contributed by atoms with Gasteiger partial charge in [-0.05, 0) is 39.1 Å². The van der Waals surface area contributed by atoms with Crippen molar-refractivity contribution in [3.63, 3.8) is 0 Å². The maximum absolute atomic E-state index is 13.5. The Morgan fingerprint density at radius 2 is 2.00 bits per heavy atom. The van der Waals surface area contributed by atoms with Crippen molar-refractivity contribution in [2.45, 2.75) is 19.4 Å². The van der Waals surface area contributed by atoms with Crippen LogP contribution in [0.3, 0.4) is 0 Å². The van der Waals surface area contributed by atoms with Crippen molar-refractivity contribution in [3.8, 4) is 0 Å². The molecule has 0 bridgehead atoms. The molecule has 1 N–H and O–H groups in total. The molecule has 1 aromatic carbocycles. The second-order valence-corrected chi connectivity index (χ2v) is 5.07. The molecule has 108 valence electrons. The van der Waals surface area contributed by atoms with Crippen LogP contribution >= 0.6 is 0 Å². The average Bonchev–Trinajstić information content (AvgIpc) is 2.36. The number of ether oxygens (including phenoxy) is 1. The van der Waals surface area contributed by atoms with Crippen molar-refractivity contribution in [1.29, 1.82) is 0 Å². The van der Waals surface area contributed by atoms with Crippen molar-refractivity contribution in [1.82, 2.24) is 10.2 Å². The number of likely N-dealkylation sites (N-methyl/N-ethyl adjacent to an activating group) is 1. The van der Waals surface area contributed by atoms with Crippen molar-refractivity contribution < 1.29 is 9.13 Å². The van der Waals surface area contributed by atoms with E-state index in [1.54, 1.807) is 6.07 Å². The lowest BCUT2D eigenvalue weighted by Crippen LogP contribution is -2.32. The predicted molar refractivity (Wildman–Crippen MR) is 76.9 cm³/mol. The van der Waals surface area contributed by atoms with E-state index >= 15 is 0 Å². The van der Waals surface area contributed by atoms with Gasteiger partial charge in [-0.2, -0.15) is 0 Å². The molecule has 0 spiro atoms. The first-order chi connectivity index (χ1) is 9.09. The lowest BCUT2D eigenvalue weighted by Gasteiger charge is -2.15. The molecule has 0 aliphatic heterocycles. The Morgan fingerprint density at radius 3 is 2.68 bits per heavy atom. The van der Waals surface area contributed by atoms with Gasteiger partial charge in [-0.1, -0.05) is 18.2 Å². The van der Waals surface area contributed by atoms with Crippen LogP contribution in [0.2, 0.25) is 0 Å². The second kappa shape index (κ2) is 9.02. The van der Waals surface area contributed by atoms with Gasteiger partial charge in [0.2, 0.25) is 0 Å². The maximum Gasteiger partial charge on any atom is 0.126 e. The van der Waals surface area contributed by atoms with Gasteiger partial charge in [0.25, 0.3) is 0 Å². The normalized spacial score (nSPS) is 12.9. The highest BCUT2D eigenvalue weighted by Gasteiger charge is 2.06. The van der Waals surface area contributed by atoms with Gasteiger partial charge in [-0.3, -0.25) is 0 Å². The first-order valence-corrected chi connectivity index (χ1v) is 6.79. The number of hydrogen-bond donors (Lipinski definition) is 1. The van der Waals surface area contributed by atoms with Crippen LogP contribution in [0.4, 0.5) is 4.39 Å². The van der Waals surface area contributed by atoms with Crippen LogP contribution in [0.5, 0.6) is 0 Å². The Labute approximate surface area is 115 Å². The highest BCUT2D eigenvalue weighted by atomic mass is 19.1. The van der Waals surface area contributed by atoms with E-state index in [2.05, 4.69) is 17.1 Å². The van der Waals surface area contributed by atoms with Gasteiger partial charge in [-0.15, -0.1) is 0 Å². The fourth-order valence-electron chi connectivity index (χ4n) is 1.79. The van der Waals surface area contributed by atoms with Crippen molar-refractivity contribution in [2.75, 3.05) is 40.4 Å². The molecule has 19 heavy (non-hydrogen) atoms. The summed E-state index contributed by atoms with van der Waals surface area (Å²) in [7, 11) is 4.05. The number of nitrogens with zero attached hydrogens (tertiary/aromatic N) is 1. The van der Waals surface area contributed by atoms with Crippen LogP contribution in [-0.4, -0.2) is 51.3 Å². The van der Waals surface area contributed by atoms with Gasteiger partial charge in [-0.25, -0.2) is 4.39 Å². The van der Waals surface area contributed by atoms with Gasteiger partial charge in [0, 0.05) is 19.1 Å².